The minimum atomic E-state index is 0. The molecule has 0 aromatic heterocycles. The first-order valence-electron chi connectivity index (χ1n) is 7.15. The van der Waals surface area contributed by atoms with E-state index in [0.29, 0.717) is 17.9 Å². The number of hydrogen-bond acceptors (Lipinski definition) is 2. The van der Waals surface area contributed by atoms with Crippen molar-refractivity contribution in [1.29, 1.82) is 0 Å². The molecule has 3 nitrogen and oxygen atoms in total. The molecule has 3 atom stereocenters. The highest BCUT2D eigenvalue weighted by Crippen LogP contribution is 2.30. The van der Waals surface area contributed by atoms with Crippen LogP contribution in [0.15, 0.2) is 0 Å². The molecule has 0 spiro atoms. The van der Waals surface area contributed by atoms with Crippen molar-refractivity contribution in [2.45, 2.75) is 64.5 Å². The van der Waals surface area contributed by atoms with E-state index in [9.17, 15) is 4.79 Å². The van der Waals surface area contributed by atoms with Crippen LogP contribution in [0.2, 0.25) is 0 Å². The van der Waals surface area contributed by atoms with E-state index in [0.717, 1.165) is 25.8 Å². The quantitative estimate of drug-likeness (QED) is 0.841. The summed E-state index contributed by atoms with van der Waals surface area (Å²) in [6.07, 6.45) is 6.56. The summed E-state index contributed by atoms with van der Waals surface area (Å²) in [4.78, 5) is 14.7. The molecule has 0 radical (unpaired) electrons. The lowest BCUT2D eigenvalue weighted by Gasteiger charge is -2.39. The van der Waals surface area contributed by atoms with Crippen LogP contribution in [0.25, 0.3) is 0 Å². The molecule has 1 saturated heterocycles. The standard InChI is InChI=1S/C14H26N2O.ClH/c1-10(2)13-5-3-4-8-16(13)14(17)11-6-7-12(15)9-11;/h10-13H,3-9,15H2,1-2H3;1H. The largest absolute Gasteiger partial charge is 0.339 e. The van der Waals surface area contributed by atoms with Gasteiger partial charge < -0.3 is 10.6 Å². The monoisotopic (exact) mass is 274 g/mol. The molecule has 2 rings (SSSR count). The summed E-state index contributed by atoms with van der Waals surface area (Å²) in [5.41, 5.74) is 5.92. The molecule has 0 aromatic carbocycles. The first-order chi connectivity index (χ1) is 8.09. The van der Waals surface area contributed by atoms with Crippen LogP contribution < -0.4 is 5.73 Å². The van der Waals surface area contributed by atoms with Crippen LogP contribution in [0.3, 0.4) is 0 Å². The van der Waals surface area contributed by atoms with Gasteiger partial charge in [0.05, 0.1) is 0 Å². The van der Waals surface area contributed by atoms with Crippen molar-refractivity contribution in [2.24, 2.45) is 17.6 Å². The second-order valence-corrected chi connectivity index (χ2v) is 6.11. The highest BCUT2D eigenvalue weighted by atomic mass is 35.5. The Morgan fingerprint density at radius 2 is 1.94 bits per heavy atom. The fourth-order valence-electron chi connectivity index (χ4n) is 3.40. The predicted molar refractivity (Wildman–Crippen MR) is 76.8 cm³/mol. The van der Waals surface area contributed by atoms with Gasteiger partial charge in [0, 0.05) is 24.5 Å². The lowest BCUT2D eigenvalue weighted by Crippen LogP contribution is -2.48. The SMILES string of the molecule is CC(C)C1CCCCN1C(=O)C1CCC(N)C1.Cl. The summed E-state index contributed by atoms with van der Waals surface area (Å²) in [6.45, 7) is 5.43. The number of carbonyl (C=O) groups is 1. The third-order valence-corrected chi connectivity index (χ3v) is 4.42. The maximum absolute atomic E-state index is 12.5. The Kier molecular flexibility index (Phi) is 5.93. The molecule has 4 heteroatoms. The van der Waals surface area contributed by atoms with E-state index in [1.807, 2.05) is 0 Å². The summed E-state index contributed by atoms with van der Waals surface area (Å²) >= 11 is 0. The van der Waals surface area contributed by atoms with Crippen molar-refractivity contribution < 1.29 is 4.79 Å². The Morgan fingerprint density at radius 1 is 1.22 bits per heavy atom. The van der Waals surface area contributed by atoms with Crippen LogP contribution in [0.4, 0.5) is 0 Å². The zero-order valence-corrected chi connectivity index (χ0v) is 12.4. The number of likely N-dealkylation sites (tertiary alicyclic amines) is 1. The van der Waals surface area contributed by atoms with Gasteiger partial charge in [0.2, 0.25) is 5.91 Å². The molecule has 106 valence electrons. The molecule has 2 aliphatic rings. The average Bonchev–Trinajstić information content (AvgIpc) is 2.75. The molecule has 1 saturated carbocycles. The molecule has 2 N–H and O–H groups in total. The molecule has 1 aliphatic heterocycles. The molecule has 1 amide bonds. The number of halogens is 1. The first kappa shape index (κ1) is 15.8. The molecule has 0 aromatic rings. The van der Waals surface area contributed by atoms with E-state index < -0.39 is 0 Å². The fourth-order valence-corrected chi connectivity index (χ4v) is 3.40. The Hall–Kier alpha value is -0.280. The van der Waals surface area contributed by atoms with Crippen molar-refractivity contribution in [3.63, 3.8) is 0 Å². The highest BCUT2D eigenvalue weighted by molar-refractivity contribution is 5.85. The van der Waals surface area contributed by atoms with E-state index in [2.05, 4.69) is 18.7 Å². The van der Waals surface area contributed by atoms with Crippen LogP contribution in [-0.4, -0.2) is 29.4 Å². The van der Waals surface area contributed by atoms with E-state index in [-0.39, 0.29) is 24.4 Å². The van der Waals surface area contributed by atoms with Gasteiger partial charge in [-0.15, -0.1) is 12.4 Å². The predicted octanol–water partition coefficient (Wildman–Crippen LogP) is 2.57. The topological polar surface area (TPSA) is 46.3 Å². The van der Waals surface area contributed by atoms with E-state index in [4.69, 9.17) is 5.73 Å². The lowest BCUT2D eigenvalue weighted by molar-refractivity contribution is -0.140. The minimum absolute atomic E-state index is 0. The van der Waals surface area contributed by atoms with Gasteiger partial charge in [-0.3, -0.25) is 4.79 Å². The van der Waals surface area contributed by atoms with Gasteiger partial charge in [0.15, 0.2) is 0 Å². The summed E-state index contributed by atoms with van der Waals surface area (Å²) in [5.74, 6) is 1.18. The molecular formula is C14H27ClN2O. The van der Waals surface area contributed by atoms with E-state index >= 15 is 0 Å². The smallest absolute Gasteiger partial charge is 0.225 e. The summed E-state index contributed by atoms with van der Waals surface area (Å²) in [7, 11) is 0. The second-order valence-electron chi connectivity index (χ2n) is 6.11. The molecule has 2 fully saturated rings. The number of rotatable bonds is 2. The highest BCUT2D eigenvalue weighted by Gasteiger charge is 2.35. The van der Waals surface area contributed by atoms with Gasteiger partial charge in [-0.05, 0) is 44.4 Å². The van der Waals surface area contributed by atoms with E-state index in [1.54, 1.807) is 0 Å². The Labute approximate surface area is 117 Å². The molecule has 3 unspecified atom stereocenters. The molecule has 1 heterocycles. The summed E-state index contributed by atoms with van der Waals surface area (Å²) < 4.78 is 0. The van der Waals surface area contributed by atoms with Gasteiger partial charge in [-0.1, -0.05) is 13.8 Å². The van der Waals surface area contributed by atoms with Gasteiger partial charge in [0.1, 0.15) is 0 Å². The molecule has 1 aliphatic carbocycles. The second kappa shape index (κ2) is 6.76. The normalized spacial score (nSPS) is 32.4. The van der Waals surface area contributed by atoms with Crippen LogP contribution in [0.1, 0.15) is 52.4 Å². The minimum Gasteiger partial charge on any atom is -0.339 e. The van der Waals surface area contributed by atoms with Gasteiger partial charge in [0.25, 0.3) is 0 Å². The van der Waals surface area contributed by atoms with Crippen LogP contribution in [0.5, 0.6) is 0 Å². The zero-order chi connectivity index (χ0) is 12.4. The summed E-state index contributed by atoms with van der Waals surface area (Å²) in [6, 6.07) is 0.722. The number of amides is 1. The molecular weight excluding hydrogens is 248 g/mol. The van der Waals surface area contributed by atoms with Crippen molar-refractivity contribution in [3.05, 3.63) is 0 Å². The number of nitrogens with zero attached hydrogens (tertiary/aromatic N) is 1. The number of carbonyl (C=O) groups excluding carboxylic acids is 1. The van der Waals surface area contributed by atoms with Gasteiger partial charge in [-0.25, -0.2) is 0 Å². The number of nitrogens with two attached hydrogens (primary N) is 1. The van der Waals surface area contributed by atoms with Gasteiger partial charge in [-0.2, -0.15) is 0 Å². The van der Waals surface area contributed by atoms with Crippen LogP contribution >= 0.6 is 12.4 Å². The van der Waals surface area contributed by atoms with Crippen LogP contribution in [0, 0.1) is 11.8 Å². The maximum Gasteiger partial charge on any atom is 0.225 e. The number of hydrogen-bond donors (Lipinski definition) is 1. The van der Waals surface area contributed by atoms with Crippen molar-refractivity contribution in [1.82, 2.24) is 4.90 Å². The Morgan fingerprint density at radius 3 is 2.50 bits per heavy atom. The third kappa shape index (κ3) is 3.39. The first-order valence-corrected chi connectivity index (χ1v) is 7.15. The lowest BCUT2D eigenvalue weighted by atomic mass is 9.91. The van der Waals surface area contributed by atoms with Crippen molar-refractivity contribution >= 4 is 18.3 Å². The molecule has 18 heavy (non-hydrogen) atoms. The molecule has 0 bridgehead atoms. The summed E-state index contributed by atoms with van der Waals surface area (Å²) in [5, 5.41) is 0. The Balaban J connectivity index is 0.00000162. The van der Waals surface area contributed by atoms with Crippen molar-refractivity contribution in [3.8, 4) is 0 Å². The number of piperidine rings is 1. The maximum atomic E-state index is 12.5. The zero-order valence-electron chi connectivity index (χ0n) is 11.6. The van der Waals surface area contributed by atoms with Gasteiger partial charge >= 0.3 is 0 Å². The van der Waals surface area contributed by atoms with Crippen molar-refractivity contribution in [2.75, 3.05) is 6.54 Å². The Bertz CT molecular complexity index is 283. The third-order valence-electron chi connectivity index (χ3n) is 4.42. The fraction of sp³-hybridized carbons (Fsp3) is 0.929. The van der Waals surface area contributed by atoms with E-state index in [1.165, 1.54) is 19.3 Å². The average molecular weight is 275 g/mol. The van der Waals surface area contributed by atoms with Crippen LogP contribution in [-0.2, 0) is 4.79 Å².